The highest BCUT2D eigenvalue weighted by atomic mass is 16.4. The molecule has 76 valence electrons. The number of carbonyl (C=O) groups is 2. The van der Waals surface area contributed by atoms with Gasteiger partial charge in [-0.3, -0.25) is 9.79 Å². The Labute approximate surface area is 85.4 Å². The van der Waals surface area contributed by atoms with Gasteiger partial charge in [-0.15, -0.1) is 0 Å². The normalized spacial score (nSPS) is 18.9. The van der Waals surface area contributed by atoms with Crippen molar-refractivity contribution in [1.29, 1.82) is 0 Å². The van der Waals surface area contributed by atoms with Crippen molar-refractivity contribution >= 4 is 18.2 Å². The van der Waals surface area contributed by atoms with E-state index in [1.54, 1.807) is 12.1 Å². The van der Waals surface area contributed by atoms with Crippen molar-refractivity contribution in [3.05, 3.63) is 35.4 Å². The number of hydrogen-bond acceptors (Lipinski definition) is 3. The van der Waals surface area contributed by atoms with Gasteiger partial charge in [-0.05, 0) is 17.7 Å². The third kappa shape index (κ3) is 1.71. The second-order valence-electron chi connectivity index (χ2n) is 3.12. The van der Waals surface area contributed by atoms with Crippen molar-refractivity contribution in [3.63, 3.8) is 0 Å². The van der Waals surface area contributed by atoms with Crippen molar-refractivity contribution in [2.24, 2.45) is 4.99 Å². The molecule has 0 bridgehead atoms. The first kappa shape index (κ1) is 9.39. The number of rotatable bonds is 2. The molecule has 1 amide bonds. The van der Waals surface area contributed by atoms with Crippen LogP contribution in [0.2, 0.25) is 0 Å². The van der Waals surface area contributed by atoms with Crippen LogP contribution in [-0.2, 0) is 4.79 Å². The molecule has 2 N–H and O–H groups in total. The predicted octanol–water partition coefficient (Wildman–Crippen LogP) is 0.584. The number of hydrogen-bond donors (Lipinski definition) is 2. The lowest BCUT2D eigenvalue weighted by Gasteiger charge is -2.04. The minimum absolute atomic E-state index is 0.195. The molecular weight excluding hydrogens is 196 g/mol. The van der Waals surface area contributed by atoms with E-state index < -0.39 is 12.0 Å². The van der Waals surface area contributed by atoms with Crippen LogP contribution >= 0.6 is 0 Å². The number of aliphatic imine (C=N–C) groups is 1. The maximum atomic E-state index is 11.2. The highest BCUT2D eigenvalue weighted by Gasteiger charge is 2.22. The molecule has 1 atom stereocenters. The van der Waals surface area contributed by atoms with Crippen LogP contribution in [0.25, 0.3) is 0 Å². The number of carboxylic acids is 1. The van der Waals surface area contributed by atoms with Crippen molar-refractivity contribution in [3.8, 4) is 0 Å². The summed E-state index contributed by atoms with van der Waals surface area (Å²) in [5.74, 6) is -1.18. The summed E-state index contributed by atoms with van der Waals surface area (Å²) in [4.78, 5) is 25.8. The quantitative estimate of drug-likeness (QED) is 0.739. The predicted molar refractivity (Wildman–Crippen MR) is 52.8 cm³/mol. The van der Waals surface area contributed by atoms with E-state index >= 15 is 0 Å². The molecule has 2 rings (SSSR count). The van der Waals surface area contributed by atoms with Gasteiger partial charge < -0.3 is 10.4 Å². The molecule has 1 aliphatic rings. The summed E-state index contributed by atoms with van der Waals surface area (Å²) >= 11 is 0. The van der Waals surface area contributed by atoms with Gasteiger partial charge >= 0.3 is 5.97 Å². The minimum Gasteiger partial charge on any atom is -0.478 e. The molecule has 1 unspecified atom stereocenters. The molecule has 1 aromatic rings. The number of carbonyl (C=O) groups excluding carboxylic acids is 1. The number of nitrogens with zero attached hydrogens (tertiary/aromatic N) is 1. The third-order valence-corrected chi connectivity index (χ3v) is 2.15. The largest absolute Gasteiger partial charge is 0.478 e. The lowest BCUT2D eigenvalue weighted by atomic mass is 10.1. The molecule has 15 heavy (non-hydrogen) atoms. The topological polar surface area (TPSA) is 78.8 Å². The van der Waals surface area contributed by atoms with Gasteiger partial charge in [-0.2, -0.15) is 0 Å². The molecule has 0 spiro atoms. The van der Waals surface area contributed by atoms with Crippen molar-refractivity contribution < 1.29 is 14.7 Å². The monoisotopic (exact) mass is 204 g/mol. The second kappa shape index (κ2) is 3.53. The zero-order chi connectivity index (χ0) is 10.8. The van der Waals surface area contributed by atoms with Crippen LogP contribution in [0.4, 0.5) is 0 Å². The zero-order valence-electron chi connectivity index (χ0n) is 7.68. The van der Waals surface area contributed by atoms with Gasteiger partial charge in [0, 0.05) is 0 Å². The van der Waals surface area contributed by atoms with E-state index in [9.17, 15) is 9.59 Å². The van der Waals surface area contributed by atoms with Crippen molar-refractivity contribution in [1.82, 2.24) is 5.32 Å². The van der Waals surface area contributed by atoms with Crippen LogP contribution in [0.15, 0.2) is 29.3 Å². The molecule has 0 aromatic heterocycles. The zero-order valence-corrected chi connectivity index (χ0v) is 7.68. The minimum atomic E-state index is -0.985. The van der Waals surface area contributed by atoms with Crippen LogP contribution in [0.1, 0.15) is 22.0 Å². The third-order valence-electron chi connectivity index (χ3n) is 2.15. The molecule has 0 radical (unpaired) electrons. The maximum Gasteiger partial charge on any atom is 0.335 e. The van der Waals surface area contributed by atoms with E-state index in [0.29, 0.717) is 5.56 Å². The fourth-order valence-electron chi connectivity index (χ4n) is 1.37. The van der Waals surface area contributed by atoms with Crippen molar-refractivity contribution in [2.75, 3.05) is 0 Å². The summed E-state index contributed by atoms with van der Waals surface area (Å²) < 4.78 is 0. The Bertz CT molecular complexity index is 436. The lowest BCUT2D eigenvalue weighted by molar-refractivity contribution is -0.120. The fraction of sp³-hybridized carbons (Fsp3) is 0.100. The number of aromatic carboxylic acids is 1. The van der Waals surface area contributed by atoms with Gasteiger partial charge in [-0.25, -0.2) is 4.79 Å². The van der Waals surface area contributed by atoms with Gasteiger partial charge in [0.1, 0.15) is 0 Å². The molecule has 0 aliphatic carbocycles. The van der Waals surface area contributed by atoms with Gasteiger partial charge in [-0.1, -0.05) is 12.1 Å². The van der Waals surface area contributed by atoms with E-state index in [4.69, 9.17) is 5.11 Å². The van der Waals surface area contributed by atoms with Crippen LogP contribution in [0.5, 0.6) is 0 Å². The molecule has 1 heterocycles. The van der Waals surface area contributed by atoms with E-state index in [1.807, 2.05) is 0 Å². The summed E-state index contributed by atoms with van der Waals surface area (Å²) in [6.07, 6.45) is 1.35. The summed E-state index contributed by atoms with van der Waals surface area (Å²) in [5, 5.41) is 11.1. The molecule has 0 saturated carbocycles. The van der Waals surface area contributed by atoms with Crippen LogP contribution in [-0.4, -0.2) is 23.3 Å². The van der Waals surface area contributed by atoms with Gasteiger partial charge in [0.05, 0.1) is 11.9 Å². The SMILES string of the molecule is O=C(O)c1ccc(C2N=CNC2=O)cc1. The van der Waals surface area contributed by atoms with Gasteiger partial charge in [0.15, 0.2) is 6.04 Å². The lowest BCUT2D eigenvalue weighted by Crippen LogP contribution is -2.19. The first-order valence-electron chi connectivity index (χ1n) is 4.34. The van der Waals surface area contributed by atoms with E-state index in [-0.39, 0.29) is 11.5 Å². The molecule has 1 aromatic carbocycles. The summed E-state index contributed by atoms with van der Waals surface area (Å²) in [5.41, 5.74) is 0.882. The molecule has 5 nitrogen and oxygen atoms in total. The summed E-state index contributed by atoms with van der Waals surface area (Å²) in [7, 11) is 0. The molecule has 5 heteroatoms. The highest BCUT2D eigenvalue weighted by molar-refractivity contribution is 5.97. The summed E-state index contributed by atoms with van der Waals surface area (Å²) in [6.45, 7) is 0. The molecular formula is C10H8N2O3. The molecule has 0 fully saturated rings. The van der Waals surface area contributed by atoms with Crippen LogP contribution in [0, 0.1) is 0 Å². The van der Waals surface area contributed by atoms with Crippen LogP contribution in [0.3, 0.4) is 0 Å². The first-order chi connectivity index (χ1) is 7.18. The van der Waals surface area contributed by atoms with Crippen LogP contribution < -0.4 is 5.32 Å². The Hall–Kier alpha value is -2.17. The Morgan fingerprint density at radius 1 is 1.33 bits per heavy atom. The average molecular weight is 204 g/mol. The van der Waals surface area contributed by atoms with Gasteiger partial charge in [0.25, 0.3) is 5.91 Å². The first-order valence-corrected chi connectivity index (χ1v) is 4.34. The van der Waals surface area contributed by atoms with E-state index in [1.165, 1.54) is 18.5 Å². The Balaban J connectivity index is 2.27. The fourth-order valence-corrected chi connectivity index (χ4v) is 1.37. The molecule has 0 saturated heterocycles. The Morgan fingerprint density at radius 2 is 2.00 bits per heavy atom. The molecule has 1 aliphatic heterocycles. The Kier molecular flexibility index (Phi) is 2.21. The van der Waals surface area contributed by atoms with Crippen molar-refractivity contribution in [2.45, 2.75) is 6.04 Å². The number of carboxylic acid groups (broad SMARTS) is 1. The smallest absolute Gasteiger partial charge is 0.335 e. The summed E-state index contributed by atoms with van der Waals surface area (Å²) in [6, 6.07) is 5.55. The number of nitrogens with one attached hydrogen (secondary N) is 1. The second-order valence-corrected chi connectivity index (χ2v) is 3.12. The number of benzene rings is 1. The highest BCUT2D eigenvalue weighted by Crippen LogP contribution is 2.19. The van der Waals surface area contributed by atoms with E-state index in [0.717, 1.165) is 0 Å². The Morgan fingerprint density at radius 3 is 2.47 bits per heavy atom. The van der Waals surface area contributed by atoms with Gasteiger partial charge in [0.2, 0.25) is 0 Å². The van der Waals surface area contributed by atoms with E-state index in [2.05, 4.69) is 10.3 Å². The average Bonchev–Trinajstić information content (AvgIpc) is 2.65. The maximum absolute atomic E-state index is 11.2. The standard InChI is InChI=1S/C10H8N2O3/c13-9-8(11-5-12-9)6-1-3-7(4-2-6)10(14)15/h1-5,8H,(H,14,15)(H,11,12,13). The number of amides is 1.